The molecule has 1 aromatic carbocycles. The van der Waals surface area contributed by atoms with Crippen LogP contribution < -0.4 is 16.4 Å². The van der Waals surface area contributed by atoms with Crippen LogP contribution in [0.25, 0.3) is 0 Å². The van der Waals surface area contributed by atoms with Gasteiger partial charge in [-0.05, 0) is 25.3 Å². The lowest BCUT2D eigenvalue weighted by atomic mass is 10.2. The molecule has 9 nitrogen and oxygen atoms in total. The Morgan fingerprint density at radius 2 is 1.96 bits per heavy atom. The van der Waals surface area contributed by atoms with E-state index in [1.165, 1.54) is 18.0 Å². The van der Waals surface area contributed by atoms with Gasteiger partial charge >= 0.3 is 5.97 Å². The summed E-state index contributed by atoms with van der Waals surface area (Å²) >= 11 is 1.29. The van der Waals surface area contributed by atoms with E-state index in [2.05, 4.69) is 20.6 Å². The van der Waals surface area contributed by atoms with Crippen molar-refractivity contribution in [2.24, 2.45) is 5.73 Å². The minimum absolute atomic E-state index is 0.0643. The Kier molecular flexibility index (Phi) is 7.76. The third-order valence-electron chi connectivity index (χ3n) is 3.60. The Bertz CT molecular complexity index is 847. The largest absolute Gasteiger partial charge is 0.462 e. The van der Waals surface area contributed by atoms with Crippen LogP contribution in [-0.4, -0.2) is 53.2 Å². The number of rotatable bonds is 9. The molecule has 1 unspecified atom stereocenters. The van der Waals surface area contributed by atoms with Crippen LogP contribution in [0, 0.1) is 0 Å². The molecule has 4 N–H and O–H groups in total. The van der Waals surface area contributed by atoms with E-state index >= 15 is 0 Å². The Hall–Kier alpha value is -3.14. The van der Waals surface area contributed by atoms with Crippen molar-refractivity contribution < 1.29 is 19.1 Å². The molecule has 2 aromatic rings. The van der Waals surface area contributed by atoms with E-state index in [1.807, 2.05) is 0 Å². The number of nitrogens with zero attached hydrogens (tertiary/aromatic N) is 2. The van der Waals surface area contributed by atoms with Crippen LogP contribution in [0.15, 0.2) is 41.7 Å². The first-order chi connectivity index (χ1) is 13.5. The normalized spacial score (nSPS) is 11.4. The maximum Gasteiger partial charge on any atom is 0.343 e. The number of esters is 1. The van der Waals surface area contributed by atoms with Gasteiger partial charge in [0.25, 0.3) is 5.91 Å². The van der Waals surface area contributed by atoms with Crippen molar-refractivity contribution >= 4 is 35.4 Å². The second-order valence-electron chi connectivity index (χ2n) is 5.51. The number of nitrogens with one attached hydrogen (secondary N) is 2. The van der Waals surface area contributed by atoms with Crippen molar-refractivity contribution in [2.75, 3.05) is 24.7 Å². The highest BCUT2D eigenvalue weighted by atomic mass is 32.2. The fourth-order valence-corrected chi connectivity index (χ4v) is 2.55. The first kappa shape index (κ1) is 21.2. The summed E-state index contributed by atoms with van der Waals surface area (Å²) in [4.78, 5) is 44.4. The van der Waals surface area contributed by atoms with Crippen LogP contribution in [0.1, 0.15) is 27.6 Å². The van der Waals surface area contributed by atoms with Crippen LogP contribution >= 0.6 is 11.8 Å². The summed E-state index contributed by atoms with van der Waals surface area (Å²) in [6.45, 7) is 1.81. The zero-order chi connectivity index (χ0) is 20.5. The molecule has 1 heterocycles. The number of carbonyl (C=O) groups is 3. The van der Waals surface area contributed by atoms with Gasteiger partial charge in [-0.15, -0.1) is 0 Å². The van der Waals surface area contributed by atoms with E-state index in [0.29, 0.717) is 10.7 Å². The molecule has 0 spiro atoms. The number of hydrogen-bond donors (Lipinski definition) is 3. The van der Waals surface area contributed by atoms with Crippen molar-refractivity contribution in [3.63, 3.8) is 0 Å². The minimum Gasteiger partial charge on any atom is -0.462 e. The Morgan fingerprint density at radius 1 is 1.25 bits per heavy atom. The fraction of sp³-hybridized carbons (Fsp3) is 0.278. The summed E-state index contributed by atoms with van der Waals surface area (Å²) in [5.74, 6) is -1.57. The number of benzene rings is 1. The van der Waals surface area contributed by atoms with Crippen LogP contribution in [0.2, 0.25) is 0 Å². The van der Waals surface area contributed by atoms with E-state index in [0.717, 1.165) is 0 Å². The molecule has 0 radical (unpaired) electrons. The van der Waals surface area contributed by atoms with E-state index in [9.17, 15) is 14.4 Å². The quantitative estimate of drug-likeness (QED) is 0.321. The molecule has 1 atom stereocenters. The lowest BCUT2D eigenvalue weighted by Gasteiger charge is -2.18. The summed E-state index contributed by atoms with van der Waals surface area (Å²) in [5.41, 5.74) is 5.93. The molecule has 0 aliphatic rings. The predicted octanol–water partition coefficient (Wildman–Crippen LogP) is 1.07. The molecule has 2 rings (SSSR count). The van der Waals surface area contributed by atoms with Gasteiger partial charge in [0.1, 0.15) is 17.4 Å². The van der Waals surface area contributed by atoms with Gasteiger partial charge in [-0.25, -0.2) is 14.8 Å². The summed E-state index contributed by atoms with van der Waals surface area (Å²) in [6, 6.07) is 7.42. The average Bonchev–Trinajstić information content (AvgIpc) is 2.71. The number of aromatic nitrogens is 2. The smallest absolute Gasteiger partial charge is 0.343 e. The van der Waals surface area contributed by atoms with Gasteiger partial charge in [0.05, 0.1) is 6.61 Å². The Labute approximate surface area is 166 Å². The van der Waals surface area contributed by atoms with Crippen LogP contribution in [0.3, 0.4) is 0 Å². The van der Waals surface area contributed by atoms with Gasteiger partial charge in [-0.3, -0.25) is 9.59 Å². The SMILES string of the molecule is CCOC(=O)c1cnc(SC)nc1NCC(NC(=O)c1ccccc1)C(N)=O. The topological polar surface area (TPSA) is 136 Å². The lowest BCUT2D eigenvalue weighted by Crippen LogP contribution is -2.48. The van der Waals surface area contributed by atoms with Gasteiger partial charge in [-0.2, -0.15) is 0 Å². The summed E-state index contributed by atoms with van der Waals surface area (Å²) in [6.07, 6.45) is 3.14. The first-order valence-corrected chi connectivity index (χ1v) is 9.66. The van der Waals surface area contributed by atoms with Crippen molar-refractivity contribution in [3.8, 4) is 0 Å². The molecule has 28 heavy (non-hydrogen) atoms. The molecule has 0 saturated heterocycles. The number of ether oxygens (including phenoxy) is 1. The van der Waals surface area contributed by atoms with E-state index in [1.54, 1.807) is 43.5 Å². The third-order valence-corrected chi connectivity index (χ3v) is 4.16. The highest BCUT2D eigenvalue weighted by Crippen LogP contribution is 2.17. The van der Waals surface area contributed by atoms with Gasteiger partial charge in [0.2, 0.25) is 5.91 Å². The summed E-state index contributed by atoms with van der Waals surface area (Å²) in [5, 5.41) is 5.88. The molecule has 10 heteroatoms. The lowest BCUT2D eigenvalue weighted by molar-refractivity contribution is -0.119. The maximum atomic E-state index is 12.3. The second-order valence-corrected chi connectivity index (χ2v) is 6.29. The van der Waals surface area contributed by atoms with Gasteiger partial charge < -0.3 is 21.1 Å². The number of hydrogen-bond acceptors (Lipinski definition) is 8. The predicted molar refractivity (Wildman–Crippen MR) is 105 cm³/mol. The fourth-order valence-electron chi connectivity index (χ4n) is 2.21. The van der Waals surface area contributed by atoms with Crippen molar-refractivity contribution in [3.05, 3.63) is 47.7 Å². The average molecular weight is 403 g/mol. The molecular weight excluding hydrogens is 382 g/mol. The zero-order valence-corrected chi connectivity index (χ0v) is 16.3. The van der Waals surface area contributed by atoms with Gasteiger partial charge in [0, 0.05) is 18.3 Å². The summed E-state index contributed by atoms with van der Waals surface area (Å²) in [7, 11) is 0. The number of carbonyl (C=O) groups excluding carboxylic acids is 3. The minimum atomic E-state index is -1.02. The van der Waals surface area contributed by atoms with Crippen molar-refractivity contribution in [2.45, 2.75) is 18.1 Å². The van der Waals surface area contributed by atoms with E-state index in [4.69, 9.17) is 10.5 Å². The number of primary amides is 1. The molecular formula is C18H21N5O4S. The molecule has 0 bridgehead atoms. The molecule has 0 aliphatic carbocycles. The van der Waals surface area contributed by atoms with Gasteiger partial charge in [0.15, 0.2) is 5.16 Å². The molecule has 2 amide bonds. The van der Waals surface area contributed by atoms with Crippen molar-refractivity contribution in [1.29, 1.82) is 0 Å². The number of anilines is 1. The number of amides is 2. The molecule has 1 aromatic heterocycles. The Morgan fingerprint density at radius 3 is 2.57 bits per heavy atom. The highest BCUT2D eigenvalue weighted by molar-refractivity contribution is 7.98. The number of nitrogens with two attached hydrogens (primary N) is 1. The monoisotopic (exact) mass is 403 g/mol. The van der Waals surface area contributed by atoms with E-state index < -0.39 is 23.8 Å². The molecule has 0 saturated carbocycles. The standard InChI is InChI=1S/C18H21N5O4S/c1-3-27-17(26)12-9-21-18(28-2)23-15(12)20-10-13(14(19)24)22-16(25)11-7-5-4-6-8-11/h4-9,13H,3,10H2,1-2H3,(H2,19,24)(H,22,25)(H,20,21,23). The van der Waals surface area contributed by atoms with Crippen LogP contribution in [0.5, 0.6) is 0 Å². The second kappa shape index (κ2) is 10.3. The Balaban J connectivity index is 2.15. The summed E-state index contributed by atoms with van der Waals surface area (Å²) < 4.78 is 4.99. The number of thioether (sulfide) groups is 1. The third kappa shape index (κ3) is 5.68. The van der Waals surface area contributed by atoms with Crippen molar-refractivity contribution in [1.82, 2.24) is 15.3 Å². The van der Waals surface area contributed by atoms with Gasteiger partial charge in [-0.1, -0.05) is 30.0 Å². The molecule has 0 fully saturated rings. The van der Waals surface area contributed by atoms with Crippen LogP contribution in [0.4, 0.5) is 5.82 Å². The maximum absolute atomic E-state index is 12.3. The van der Waals surface area contributed by atoms with Crippen LogP contribution in [-0.2, 0) is 9.53 Å². The highest BCUT2D eigenvalue weighted by Gasteiger charge is 2.21. The first-order valence-electron chi connectivity index (χ1n) is 8.43. The molecule has 148 valence electrons. The van der Waals surface area contributed by atoms with E-state index in [-0.39, 0.29) is 24.5 Å². The molecule has 0 aliphatic heterocycles. The zero-order valence-electron chi connectivity index (χ0n) is 15.5.